The average molecular weight is 591 g/mol. The van der Waals surface area contributed by atoms with Gasteiger partial charge in [0.2, 0.25) is 0 Å². The Balaban J connectivity index is 1.61. The quantitative estimate of drug-likeness (QED) is 0.248. The summed E-state index contributed by atoms with van der Waals surface area (Å²) in [6, 6.07) is 18.4. The number of nitrogens with zero attached hydrogens (tertiary/aromatic N) is 1. The van der Waals surface area contributed by atoms with Gasteiger partial charge in [-0.1, -0.05) is 77.3 Å². The number of halogens is 3. The van der Waals surface area contributed by atoms with E-state index in [0.717, 1.165) is 11.1 Å². The third-order valence-corrected chi connectivity index (χ3v) is 6.65. The Hall–Kier alpha value is -3.59. The first-order valence-corrected chi connectivity index (χ1v) is 13.0. The number of hydrogen-bond acceptors (Lipinski definition) is 4. The molecule has 0 radical (unpaired) electrons. The summed E-state index contributed by atoms with van der Waals surface area (Å²) >= 11 is 18.5. The van der Waals surface area contributed by atoms with Crippen molar-refractivity contribution in [2.45, 2.75) is 19.5 Å². The normalized spacial score (nSPS) is 11.4. The molecule has 0 aromatic heterocycles. The summed E-state index contributed by atoms with van der Waals surface area (Å²) in [6.07, 6.45) is -0.461. The molecule has 0 spiro atoms. The second-order valence-corrected chi connectivity index (χ2v) is 10.1. The molecule has 0 aliphatic heterocycles. The van der Waals surface area contributed by atoms with Gasteiger partial charge in [-0.15, -0.1) is 0 Å². The van der Waals surface area contributed by atoms with Crippen LogP contribution >= 0.6 is 34.8 Å². The predicted octanol–water partition coefficient (Wildman–Crippen LogP) is 5.69. The summed E-state index contributed by atoms with van der Waals surface area (Å²) in [5, 5.41) is 15.3. The van der Waals surface area contributed by atoms with Crippen LogP contribution in [-0.4, -0.2) is 47.3 Å². The van der Waals surface area contributed by atoms with Crippen LogP contribution in [0.4, 0.5) is 4.79 Å². The molecule has 0 aliphatic carbocycles. The molecule has 3 aromatic carbocycles. The highest BCUT2D eigenvalue weighted by atomic mass is 35.5. The highest BCUT2D eigenvalue weighted by Crippen LogP contribution is 2.29. The molecule has 1 atom stereocenters. The molecule has 11 heteroatoms. The molecule has 0 saturated carbocycles. The lowest BCUT2D eigenvalue weighted by atomic mass is 9.97. The number of carbonyl (C=O) groups is 4. The second-order valence-electron chi connectivity index (χ2n) is 8.82. The number of urea groups is 1. The maximum absolute atomic E-state index is 13.0. The third-order valence-electron chi connectivity index (χ3n) is 5.82. The lowest BCUT2D eigenvalue weighted by molar-refractivity contribution is -0.141. The highest BCUT2D eigenvalue weighted by Gasteiger charge is 2.26. The van der Waals surface area contributed by atoms with Crippen LogP contribution in [0.15, 0.2) is 66.7 Å². The van der Waals surface area contributed by atoms with Gasteiger partial charge in [-0.2, -0.15) is 0 Å². The van der Waals surface area contributed by atoms with Gasteiger partial charge in [-0.05, 0) is 35.4 Å². The van der Waals surface area contributed by atoms with Crippen LogP contribution in [0.1, 0.15) is 38.3 Å². The first-order chi connectivity index (χ1) is 18.5. The molecule has 0 heterocycles. The molecule has 204 valence electrons. The van der Waals surface area contributed by atoms with Crippen LogP contribution in [0, 0.1) is 5.92 Å². The summed E-state index contributed by atoms with van der Waals surface area (Å²) < 4.78 is 0. The van der Waals surface area contributed by atoms with Crippen LogP contribution in [0.2, 0.25) is 15.1 Å². The standard InChI is InChI=1S/C28H26Cl3N3O5/c1-34(16-17-6-3-2-4-7-17)28(39)33-15-20(27(37)38)13-24(35)25-22(30)11-19(12-23(25)31)26(36)32-14-18-8-5-9-21(29)10-18/h2-12,20H,13-16H2,1H3,(H,32,36)(H,33,39)(H,37,38)/t20-/m0/s1. The molecule has 0 unspecified atom stereocenters. The molecule has 3 amide bonds. The number of carboxylic acid groups (broad SMARTS) is 1. The van der Waals surface area contributed by atoms with Crippen molar-refractivity contribution < 1.29 is 24.3 Å². The Morgan fingerprint density at radius 2 is 1.51 bits per heavy atom. The number of Topliss-reactive ketones (excluding diaryl/α,β-unsaturated/α-hetero) is 1. The molecule has 0 bridgehead atoms. The van der Waals surface area contributed by atoms with Crippen molar-refractivity contribution in [3.8, 4) is 0 Å². The predicted molar refractivity (Wildman–Crippen MR) is 150 cm³/mol. The third kappa shape index (κ3) is 8.71. The van der Waals surface area contributed by atoms with Gasteiger partial charge in [0.25, 0.3) is 5.91 Å². The Morgan fingerprint density at radius 3 is 2.13 bits per heavy atom. The van der Waals surface area contributed by atoms with E-state index in [1.165, 1.54) is 17.0 Å². The smallest absolute Gasteiger partial charge is 0.317 e. The van der Waals surface area contributed by atoms with Crippen molar-refractivity contribution in [2.75, 3.05) is 13.6 Å². The summed E-state index contributed by atoms with van der Waals surface area (Å²) in [7, 11) is 1.58. The number of amides is 3. The molecule has 0 aliphatic rings. The van der Waals surface area contributed by atoms with Gasteiger partial charge in [0.1, 0.15) is 0 Å². The highest BCUT2D eigenvalue weighted by molar-refractivity contribution is 6.40. The van der Waals surface area contributed by atoms with Crippen molar-refractivity contribution in [1.82, 2.24) is 15.5 Å². The van der Waals surface area contributed by atoms with E-state index in [9.17, 15) is 24.3 Å². The Kier molecular flexibility index (Phi) is 10.7. The number of carboxylic acids is 1. The lowest BCUT2D eigenvalue weighted by Gasteiger charge is -2.20. The van der Waals surface area contributed by atoms with Gasteiger partial charge in [-0.25, -0.2) is 4.79 Å². The van der Waals surface area contributed by atoms with E-state index in [-0.39, 0.29) is 34.3 Å². The van der Waals surface area contributed by atoms with E-state index in [4.69, 9.17) is 34.8 Å². The Labute approximate surface area is 240 Å². The van der Waals surface area contributed by atoms with Gasteiger partial charge < -0.3 is 20.6 Å². The molecule has 3 N–H and O–H groups in total. The number of nitrogens with one attached hydrogen (secondary N) is 2. The second kappa shape index (κ2) is 14.0. The Morgan fingerprint density at radius 1 is 0.872 bits per heavy atom. The van der Waals surface area contributed by atoms with E-state index >= 15 is 0 Å². The topological polar surface area (TPSA) is 116 Å². The zero-order chi connectivity index (χ0) is 28.5. The van der Waals surface area contributed by atoms with E-state index in [1.807, 2.05) is 30.3 Å². The van der Waals surface area contributed by atoms with Gasteiger partial charge in [0.05, 0.1) is 21.5 Å². The molecule has 3 aromatic rings. The summed E-state index contributed by atoms with van der Waals surface area (Å²) in [6.45, 7) is 0.258. The van der Waals surface area contributed by atoms with Crippen molar-refractivity contribution in [3.63, 3.8) is 0 Å². The van der Waals surface area contributed by atoms with Crippen molar-refractivity contribution in [1.29, 1.82) is 0 Å². The van der Waals surface area contributed by atoms with E-state index in [0.29, 0.717) is 11.6 Å². The van der Waals surface area contributed by atoms with Crippen LogP contribution in [-0.2, 0) is 17.9 Å². The maximum atomic E-state index is 13.0. The fourth-order valence-electron chi connectivity index (χ4n) is 3.75. The molecule has 39 heavy (non-hydrogen) atoms. The van der Waals surface area contributed by atoms with Crippen LogP contribution < -0.4 is 10.6 Å². The number of rotatable bonds is 11. The number of aliphatic carboxylic acids is 1. The van der Waals surface area contributed by atoms with Gasteiger partial charge in [0.15, 0.2) is 5.78 Å². The molecule has 0 fully saturated rings. The zero-order valence-corrected chi connectivity index (χ0v) is 23.2. The summed E-state index contributed by atoms with van der Waals surface area (Å²) in [4.78, 5) is 51.3. The number of ketones is 1. The minimum Gasteiger partial charge on any atom is -0.481 e. The SMILES string of the molecule is CN(Cc1ccccc1)C(=O)NC[C@H](CC(=O)c1c(Cl)cc(C(=O)NCc2cccc(Cl)c2)cc1Cl)C(=O)O. The van der Waals surface area contributed by atoms with Gasteiger partial charge >= 0.3 is 12.0 Å². The van der Waals surface area contributed by atoms with Gasteiger partial charge in [0, 0.05) is 43.7 Å². The minimum atomic E-state index is -1.27. The largest absolute Gasteiger partial charge is 0.481 e. The number of benzene rings is 3. The maximum Gasteiger partial charge on any atom is 0.317 e. The lowest BCUT2D eigenvalue weighted by Crippen LogP contribution is -2.41. The number of hydrogen-bond donors (Lipinski definition) is 3. The fraction of sp³-hybridized carbons (Fsp3) is 0.214. The fourth-order valence-corrected chi connectivity index (χ4v) is 4.66. The zero-order valence-electron chi connectivity index (χ0n) is 20.9. The van der Waals surface area contributed by atoms with Crippen LogP contribution in [0.25, 0.3) is 0 Å². The molecule has 0 saturated heterocycles. The Bertz CT molecular complexity index is 1340. The van der Waals surface area contributed by atoms with Crippen LogP contribution in [0.5, 0.6) is 0 Å². The van der Waals surface area contributed by atoms with Gasteiger partial charge in [-0.3, -0.25) is 14.4 Å². The minimum absolute atomic E-state index is 0.0869. The van der Waals surface area contributed by atoms with E-state index in [1.54, 1.807) is 31.3 Å². The van der Waals surface area contributed by atoms with Crippen molar-refractivity contribution >= 4 is 58.5 Å². The number of carbonyl (C=O) groups excluding carboxylic acids is 3. The molecular weight excluding hydrogens is 565 g/mol. The average Bonchev–Trinajstić information content (AvgIpc) is 2.89. The molecule has 8 nitrogen and oxygen atoms in total. The summed E-state index contributed by atoms with van der Waals surface area (Å²) in [5.41, 5.74) is 1.74. The van der Waals surface area contributed by atoms with E-state index < -0.39 is 36.0 Å². The van der Waals surface area contributed by atoms with E-state index in [2.05, 4.69) is 10.6 Å². The first-order valence-electron chi connectivity index (χ1n) is 11.9. The molecular formula is C28H26Cl3N3O5. The monoisotopic (exact) mass is 589 g/mol. The van der Waals surface area contributed by atoms with Crippen molar-refractivity contribution in [2.24, 2.45) is 5.92 Å². The molecule has 3 rings (SSSR count). The van der Waals surface area contributed by atoms with Crippen molar-refractivity contribution in [3.05, 3.63) is 104 Å². The summed E-state index contributed by atoms with van der Waals surface area (Å²) in [5.74, 6) is -3.59. The first kappa shape index (κ1) is 30.0. The van der Waals surface area contributed by atoms with Crippen LogP contribution in [0.3, 0.4) is 0 Å².